The van der Waals surface area contributed by atoms with Crippen molar-refractivity contribution >= 4 is 5.91 Å². The number of nitrogens with zero attached hydrogens (tertiary/aromatic N) is 1. The Morgan fingerprint density at radius 1 is 1.05 bits per heavy atom. The third-order valence-corrected chi connectivity index (χ3v) is 2.97. The van der Waals surface area contributed by atoms with E-state index < -0.39 is 0 Å². The van der Waals surface area contributed by atoms with Gasteiger partial charge in [-0.1, -0.05) is 36.4 Å². The molecule has 0 unspecified atom stereocenters. The maximum absolute atomic E-state index is 12.4. The molecule has 0 aliphatic heterocycles. The lowest BCUT2D eigenvalue weighted by molar-refractivity contribution is 0.0707. The van der Waals surface area contributed by atoms with Gasteiger partial charge in [0.1, 0.15) is 5.75 Å². The topological polar surface area (TPSA) is 60.8 Å². The van der Waals surface area contributed by atoms with Crippen molar-refractivity contribution in [3.05, 3.63) is 65.7 Å². The molecule has 2 aromatic carbocycles. The van der Waals surface area contributed by atoms with Crippen molar-refractivity contribution in [3.63, 3.8) is 0 Å². The SMILES string of the molecule is O=C(c1cccc(O)c1)N(CCO)Cc1ccccc1. The fourth-order valence-corrected chi connectivity index (χ4v) is 2.00. The zero-order valence-corrected chi connectivity index (χ0v) is 11.1. The van der Waals surface area contributed by atoms with Crippen molar-refractivity contribution in [2.45, 2.75) is 6.54 Å². The van der Waals surface area contributed by atoms with Crippen LogP contribution < -0.4 is 0 Å². The molecule has 0 spiro atoms. The fourth-order valence-electron chi connectivity index (χ4n) is 2.00. The lowest BCUT2D eigenvalue weighted by Crippen LogP contribution is -2.33. The third-order valence-electron chi connectivity index (χ3n) is 2.97. The molecule has 4 heteroatoms. The molecular weight excluding hydrogens is 254 g/mol. The Morgan fingerprint density at radius 3 is 2.45 bits per heavy atom. The minimum absolute atomic E-state index is 0.0551. The Balaban J connectivity index is 2.18. The highest BCUT2D eigenvalue weighted by molar-refractivity contribution is 5.94. The summed E-state index contributed by atoms with van der Waals surface area (Å²) >= 11 is 0. The van der Waals surface area contributed by atoms with Crippen molar-refractivity contribution < 1.29 is 15.0 Å². The molecule has 4 nitrogen and oxygen atoms in total. The third kappa shape index (κ3) is 3.59. The summed E-state index contributed by atoms with van der Waals surface area (Å²) in [6.07, 6.45) is 0. The van der Waals surface area contributed by atoms with E-state index in [0.717, 1.165) is 5.56 Å². The average Bonchev–Trinajstić information content (AvgIpc) is 2.47. The van der Waals surface area contributed by atoms with Gasteiger partial charge in [-0.3, -0.25) is 4.79 Å². The van der Waals surface area contributed by atoms with Crippen molar-refractivity contribution in [1.29, 1.82) is 0 Å². The second-order valence-corrected chi connectivity index (χ2v) is 4.49. The summed E-state index contributed by atoms with van der Waals surface area (Å²) in [5, 5.41) is 18.6. The molecule has 0 atom stereocenters. The molecule has 0 bridgehead atoms. The van der Waals surface area contributed by atoms with Crippen LogP contribution in [0.15, 0.2) is 54.6 Å². The van der Waals surface area contributed by atoms with Crippen LogP contribution >= 0.6 is 0 Å². The summed E-state index contributed by atoms with van der Waals surface area (Å²) < 4.78 is 0. The maximum atomic E-state index is 12.4. The van der Waals surface area contributed by atoms with E-state index in [1.54, 1.807) is 17.0 Å². The summed E-state index contributed by atoms with van der Waals surface area (Å²) in [6.45, 7) is 0.580. The number of carbonyl (C=O) groups is 1. The van der Waals surface area contributed by atoms with Crippen molar-refractivity contribution in [2.75, 3.05) is 13.2 Å². The maximum Gasteiger partial charge on any atom is 0.254 e. The van der Waals surface area contributed by atoms with Gasteiger partial charge in [0.05, 0.1) is 6.61 Å². The molecule has 0 aliphatic carbocycles. The second-order valence-electron chi connectivity index (χ2n) is 4.49. The molecule has 1 amide bonds. The molecule has 20 heavy (non-hydrogen) atoms. The molecule has 2 N–H and O–H groups in total. The number of aliphatic hydroxyl groups excluding tert-OH is 1. The van der Waals surface area contributed by atoms with E-state index >= 15 is 0 Å². The Kier molecular flexibility index (Phi) is 4.74. The Hall–Kier alpha value is -2.33. The van der Waals surface area contributed by atoms with E-state index in [9.17, 15) is 9.90 Å². The molecule has 0 saturated heterocycles. The molecule has 104 valence electrons. The second kappa shape index (κ2) is 6.73. The van der Waals surface area contributed by atoms with Gasteiger partial charge >= 0.3 is 0 Å². The van der Waals surface area contributed by atoms with Gasteiger partial charge in [-0.15, -0.1) is 0 Å². The predicted molar refractivity (Wildman–Crippen MR) is 76.4 cm³/mol. The molecule has 2 aromatic rings. The molecule has 0 radical (unpaired) electrons. The number of carbonyl (C=O) groups excluding carboxylic acids is 1. The first kappa shape index (κ1) is 14.1. The van der Waals surface area contributed by atoms with Gasteiger partial charge in [-0.25, -0.2) is 0 Å². The van der Waals surface area contributed by atoms with Crippen molar-refractivity contribution in [3.8, 4) is 5.75 Å². The lowest BCUT2D eigenvalue weighted by Gasteiger charge is -2.22. The van der Waals surface area contributed by atoms with Gasteiger partial charge in [0.15, 0.2) is 0 Å². The molecule has 0 aliphatic rings. The van der Waals surface area contributed by atoms with E-state index in [2.05, 4.69) is 0 Å². The minimum Gasteiger partial charge on any atom is -0.508 e. The average molecular weight is 271 g/mol. The van der Waals surface area contributed by atoms with E-state index in [0.29, 0.717) is 12.1 Å². The number of hydrogen-bond donors (Lipinski definition) is 2. The van der Waals surface area contributed by atoms with E-state index in [1.165, 1.54) is 12.1 Å². The van der Waals surface area contributed by atoms with Gasteiger partial charge < -0.3 is 15.1 Å². The quantitative estimate of drug-likeness (QED) is 0.874. The van der Waals surface area contributed by atoms with Crippen LogP contribution in [0.5, 0.6) is 5.75 Å². The Bertz CT molecular complexity index is 569. The largest absolute Gasteiger partial charge is 0.508 e. The fraction of sp³-hybridized carbons (Fsp3) is 0.188. The zero-order valence-electron chi connectivity index (χ0n) is 11.1. The van der Waals surface area contributed by atoms with Crippen molar-refractivity contribution in [2.24, 2.45) is 0 Å². The molecule has 0 fully saturated rings. The van der Waals surface area contributed by atoms with Gasteiger partial charge in [0, 0.05) is 18.7 Å². The number of phenols is 1. The van der Waals surface area contributed by atoms with Crippen LogP contribution in [0.2, 0.25) is 0 Å². The number of benzene rings is 2. The van der Waals surface area contributed by atoms with E-state index in [1.807, 2.05) is 30.3 Å². The van der Waals surface area contributed by atoms with Crippen LogP contribution in [0.4, 0.5) is 0 Å². The number of rotatable bonds is 5. The number of aliphatic hydroxyl groups is 1. The highest BCUT2D eigenvalue weighted by Gasteiger charge is 2.16. The van der Waals surface area contributed by atoms with Crippen LogP contribution in [0, 0.1) is 0 Å². The Morgan fingerprint density at radius 2 is 1.80 bits per heavy atom. The number of phenolic OH excluding ortho intramolecular Hbond substituents is 1. The summed E-state index contributed by atoms with van der Waals surface area (Å²) in [7, 11) is 0. The summed E-state index contributed by atoms with van der Waals surface area (Å²) in [5.41, 5.74) is 1.41. The van der Waals surface area contributed by atoms with Gasteiger partial charge in [0.25, 0.3) is 5.91 Å². The first-order chi connectivity index (χ1) is 9.70. The smallest absolute Gasteiger partial charge is 0.254 e. The monoisotopic (exact) mass is 271 g/mol. The molecule has 0 saturated carbocycles. The first-order valence-electron chi connectivity index (χ1n) is 6.44. The molecule has 0 heterocycles. The standard InChI is InChI=1S/C16H17NO3/c18-10-9-17(12-13-5-2-1-3-6-13)16(20)14-7-4-8-15(19)11-14/h1-8,11,18-19H,9-10,12H2. The van der Waals surface area contributed by atoms with E-state index in [4.69, 9.17) is 5.11 Å². The number of hydrogen-bond acceptors (Lipinski definition) is 3. The summed E-state index contributed by atoms with van der Waals surface area (Å²) in [5.74, 6) is -0.154. The lowest BCUT2D eigenvalue weighted by atomic mass is 10.1. The number of aromatic hydroxyl groups is 1. The van der Waals surface area contributed by atoms with Crippen LogP contribution in [0.25, 0.3) is 0 Å². The highest BCUT2D eigenvalue weighted by Crippen LogP contribution is 2.14. The van der Waals surface area contributed by atoms with Crippen LogP contribution in [-0.2, 0) is 6.54 Å². The van der Waals surface area contributed by atoms with Gasteiger partial charge in [-0.05, 0) is 23.8 Å². The first-order valence-corrected chi connectivity index (χ1v) is 6.44. The molecule has 0 aromatic heterocycles. The highest BCUT2D eigenvalue weighted by atomic mass is 16.3. The summed E-state index contributed by atoms with van der Waals surface area (Å²) in [4.78, 5) is 14.0. The van der Waals surface area contributed by atoms with Crippen LogP contribution in [0.3, 0.4) is 0 Å². The van der Waals surface area contributed by atoms with Crippen LogP contribution in [-0.4, -0.2) is 34.2 Å². The summed E-state index contributed by atoms with van der Waals surface area (Å²) in [6, 6.07) is 15.8. The number of amides is 1. The minimum atomic E-state index is -0.209. The van der Waals surface area contributed by atoms with E-state index in [-0.39, 0.29) is 24.8 Å². The van der Waals surface area contributed by atoms with Gasteiger partial charge in [-0.2, -0.15) is 0 Å². The Labute approximate surface area is 117 Å². The zero-order chi connectivity index (χ0) is 14.4. The van der Waals surface area contributed by atoms with Gasteiger partial charge in [0.2, 0.25) is 0 Å². The predicted octanol–water partition coefficient (Wildman–Crippen LogP) is 2.03. The normalized spacial score (nSPS) is 10.2. The van der Waals surface area contributed by atoms with Crippen LogP contribution in [0.1, 0.15) is 15.9 Å². The molecular formula is C16H17NO3. The molecule has 2 rings (SSSR count). The van der Waals surface area contributed by atoms with Crippen molar-refractivity contribution in [1.82, 2.24) is 4.90 Å².